The molecule has 0 aromatic heterocycles. The van der Waals surface area contributed by atoms with Gasteiger partial charge in [0, 0.05) is 41.3 Å². The molecule has 0 aliphatic rings. The lowest BCUT2D eigenvalue weighted by Gasteiger charge is -2.17. The number of carbonyl (C=O) groups excluding carboxylic acids is 7. The lowest BCUT2D eigenvalue weighted by Crippen LogP contribution is -2.42. The minimum atomic E-state index is -4.96. The Bertz CT molecular complexity index is 3800. The summed E-state index contributed by atoms with van der Waals surface area (Å²) in [6, 6.07) is 19.4. The number of esters is 1. The molecule has 4 amide bonds. The fourth-order valence-corrected chi connectivity index (χ4v) is 10.1. The van der Waals surface area contributed by atoms with Crippen molar-refractivity contribution in [1.29, 1.82) is 10.8 Å². The van der Waals surface area contributed by atoms with Crippen LogP contribution in [0, 0.1) is 22.5 Å². The minimum absolute atomic E-state index is 0. The lowest BCUT2D eigenvalue weighted by molar-refractivity contribution is -0.143. The number of carboxylic acids is 1. The van der Waals surface area contributed by atoms with Crippen LogP contribution in [0.2, 0.25) is 20.1 Å². The third-order valence-electron chi connectivity index (χ3n) is 12.6. The highest BCUT2D eigenvalue weighted by molar-refractivity contribution is 9.10. The van der Waals surface area contributed by atoms with Gasteiger partial charge in [-0.2, -0.15) is 39.8 Å². The number of rotatable bonds is 24. The number of halogens is 13. The Labute approximate surface area is 572 Å². The summed E-state index contributed by atoms with van der Waals surface area (Å²) in [5.74, 6) is -8.94. The van der Waals surface area contributed by atoms with E-state index in [4.69, 9.17) is 83.5 Å². The molecule has 0 fully saturated rings. The fraction of sp³-hybridized carbons (Fsp3) is 0.233. The highest BCUT2D eigenvalue weighted by Gasteiger charge is 2.36. The smallest absolute Gasteiger partial charge is 0.480 e. The number of methoxy groups -OCH3 is 1. The fourth-order valence-electron chi connectivity index (χ4n) is 8.10. The van der Waals surface area contributed by atoms with E-state index in [-0.39, 0.29) is 131 Å². The number of hydrogen-bond acceptors (Lipinski definition) is 13. The van der Waals surface area contributed by atoms with Gasteiger partial charge < -0.3 is 52.6 Å². The van der Waals surface area contributed by atoms with Gasteiger partial charge in [-0.3, -0.25) is 39.6 Å². The molecule has 0 radical (unpaired) electrons. The van der Waals surface area contributed by atoms with Crippen LogP contribution in [0.3, 0.4) is 0 Å². The summed E-state index contributed by atoms with van der Waals surface area (Å²) in [5.41, 5.74) is 8.75. The van der Waals surface area contributed by atoms with E-state index in [2.05, 4.69) is 37.2 Å². The number of nitrogens with two attached hydrogens (primary N) is 2. The summed E-state index contributed by atoms with van der Waals surface area (Å²) >= 11 is 27.8. The van der Waals surface area contributed by atoms with Crippen LogP contribution < -0.4 is 38.2 Å². The molecule has 0 spiro atoms. The molecule has 95 heavy (non-hydrogen) atoms. The molecule has 0 unspecified atom stereocenters. The molecule has 0 heterocycles. The van der Waals surface area contributed by atoms with Gasteiger partial charge >= 0.3 is 31.4 Å². The van der Waals surface area contributed by atoms with Crippen LogP contribution in [0.5, 0.6) is 0 Å². The summed E-state index contributed by atoms with van der Waals surface area (Å²) in [6.07, 6.45) is -10.3. The van der Waals surface area contributed by atoms with Gasteiger partial charge in [-0.05, 0) is 113 Å². The van der Waals surface area contributed by atoms with Crippen molar-refractivity contribution in [3.8, 4) is 11.1 Å². The average molecular weight is 1500 g/mol. The van der Waals surface area contributed by atoms with Crippen LogP contribution in [-0.4, -0.2) is 113 Å². The largest absolute Gasteiger partial charge is 0.488 e. The first-order chi connectivity index (χ1) is 43.4. The highest BCUT2D eigenvalue weighted by Crippen LogP contribution is 2.37. The second-order valence-electron chi connectivity index (χ2n) is 19.6. The number of ketones is 2. The molecule has 0 bridgehead atoms. The predicted octanol–water partition coefficient (Wildman–Crippen LogP) is 9.82. The van der Waals surface area contributed by atoms with Gasteiger partial charge in [0.15, 0.2) is 11.6 Å². The molecule has 35 heteroatoms. The zero-order valence-electron chi connectivity index (χ0n) is 48.4. The van der Waals surface area contributed by atoms with E-state index in [0.717, 1.165) is 31.4 Å². The van der Waals surface area contributed by atoms with Gasteiger partial charge in [0.1, 0.15) is 23.7 Å². The number of amidine groups is 2. The Morgan fingerprint density at radius 1 is 0.589 bits per heavy atom. The van der Waals surface area contributed by atoms with E-state index in [1.807, 2.05) is 0 Å². The van der Waals surface area contributed by atoms with Gasteiger partial charge in [-0.1, -0.05) is 106 Å². The van der Waals surface area contributed by atoms with Crippen LogP contribution in [0.1, 0.15) is 96.8 Å². The summed E-state index contributed by atoms with van der Waals surface area (Å²) in [6.45, 7) is -0.698. The molecule has 2 atom stereocenters. The van der Waals surface area contributed by atoms with Gasteiger partial charge in [-0.25, -0.2) is 18.4 Å². The van der Waals surface area contributed by atoms with Crippen LogP contribution >= 0.6 is 75.8 Å². The predicted molar refractivity (Wildman–Crippen MR) is 349 cm³/mol. The summed E-state index contributed by atoms with van der Waals surface area (Å²) < 4.78 is 107. The average Bonchev–Trinajstić information content (AvgIpc) is 0.805. The van der Waals surface area contributed by atoms with E-state index in [9.17, 15) is 78.6 Å². The number of amides is 4. The first-order valence-corrected chi connectivity index (χ1v) is 28.8. The maximum Gasteiger partial charge on any atom is 0.488 e. The van der Waals surface area contributed by atoms with Crippen molar-refractivity contribution in [3.63, 3.8) is 0 Å². The number of ether oxygens (including phenoxy) is 1. The van der Waals surface area contributed by atoms with Crippen LogP contribution in [0.4, 0.5) is 35.1 Å². The number of carbonyl (C=O) groups is 8. The number of carboxylic acid groups (broad SMARTS) is 1. The van der Waals surface area contributed by atoms with Crippen LogP contribution in [-0.2, 0) is 49.1 Å². The monoisotopic (exact) mass is 1500 g/mol. The Morgan fingerprint density at radius 3 is 1.39 bits per heavy atom. The van der Waals surface area contributed by atoms with Crippen molar-refractivity contribution >= 4 is 147 Å². The van der Waals surface area contributed by atoms with Crippen molar-refractivity contribution in [3.05, 3.63) is 190 Å². The molecule has 13 N–H and O–H groups in total. The molecule has 0 aliphatic carbocycles. The molecule has 0 saturated carbocycles. The van der Waals surface area contributed by atoms with Gasteiger partial charge in [0.2, 0.25) is 0 Å². The zero-order valence-corrected chi connectivity index (χ0v) is 54.0. The van der Waals surface area contributed by atoms with Crippen LogP contribution in [0.15, 0.2) is 114 Å². The first-order valence-electron chi connectivity index (χ1n) is 26.5. The number of aliphatic carboxylic acids is 1. The van der Waals surface area contributed by atoms with Crippen molar-refractivity contribution < 1.29 is 93.4 Å². The first kappa shape index (κ1) is 82.9. The molecule has 510 valence electrons. The van der Waals surface area contributed by atoms with Crippen LogP contribution in [0.25, 0.3) is 11.1 Å². The quantitative estimate of drug-likeness (QED) is 0.00883. The topological polar surface area (TPSA) is 354 Å². The number of nitrogens with one attached hydrogen (secondary N) is 6. The summed E-state index contributed by atoms with van der Waals surface area (Å²) in [4.78, 5) is 99.0. The third-order valence-corrected chi connectivity index (χ3v) is 14.2. The lowest BCUT2D eigenvalue weighted by atomic mass is 9.79. The number of hydrogen-bond donors (Lipinski definition) is 11. The SMILES string of the molecule is C.COC(=O)[C@H](CCC(=O)CNC(=O)c1cccc(CC(=N)N)c1)NC(=O)c1c(Cl)cc(Br)cc1Cl.N=C(N)Cc1cccc(C(=O)NCC(=O)CC[C@H](NC(=O)c2c(Cl)cc(-c3ccc(F)c(C(F)(F)F)c3)cc2Cl)C(=O)O)c1.OB(O)c1ccc(F)c(C(F)(F)F)c1.S. The molecule has 0 saturated heterocycles. The van der Waals surface area contributed by atoms with Gasteiger partial charge in [0.25, 0.3) is 23.6 Å². The number of alkyl halides is 6. The van der Waals surface area contributed by atoms with Gasteiger partial charge in [0.05, 0.1) is 74.2 Å². The van der Waals surface area contributed by atoms with Crippen molar-refractivity contribution in [1.82, 2.24) is 21.3 Å². The standard InChI is InChI=1S/C29H24Cl2F4N4O5.C23H23BrCl2N4O5.C7H5BF4O2.CH4.H2S/c30-20-11-17(15-4-6-22(32)19(10-15)29(33,34)35)12-21(31)25(20)27(42)39-23(28(43)44)7-5-18(40)13-38-26(41)16-3-1-2-14(8-16)9-24(36)37;1-35-23(34)18(30-22(33)20-16(25)9-14(24)10-17(20)26)6-5-15(31)11-29-21(32)13-4-2-3-12(7-13)8-19(27)28;9-6-2-1-4(8(13)14)3-5(6)7(10,11)12;;/h1-4,6,8,10-12,23H,5,7,9,13H2,(H3,36,37)(H,38,41)(H,39,42)(H,43,44);2-4,7,9-10,18H,5-6,8,11H2,1H3,(H3,27,28)(H,29,32)(H,30,33);1-3,13-14H;1H4;1H2/t23-;18-;;;/m00.../s1. The molecular formula is C60H58BBrCl4F8N8O12S. The summed E-state index contributed by atoms with van der Waals surface area (Å²) in [7, 11) is -0.889. The van der Waals surface area contributed by atoms with Crippen molar-refractivity contribution in [2.75, 3.05) is 20.2 Å². The van der Waals surface area contributed by atoms with Crippen molar-refractivity contribution in [2.45, 2.75) is 70.4 Å². The molecule has 6 aromatic carbocycles. The molecule has 0 aliphatic heterocycles. The molecule has 20 nitrogen and oxygen atoms in total. The molecule has 6 rings (SSSR count). The number of Topliss-reactive ketones (excluding diaryl/α,β-unsaturated/α-hetero) is 2. The summed E-state index contributed by atoms with van der Waals surface area (Å²) in [5, 5.41) is 50.6. The Morgan fingerprint density at radius 2 is 0.989 bits per heavy atom. The Balaban J connectivity index is 0.000000536. The third kappa shape index (κ3) is 26.2. The Hall–Kier alpha value is -8.17. The molecular weight excluding hydrogens is 1440 g/mol. The maximum atomic E-state index is 13.7. The Kier molecular flexibility index (Phi) is 33.0. The van der Waals surface area contributed by atoms with E-state index in [0.29, 0.717) is 45.4 Å². The second-order valence-corrected chi connectivity index (χ2v) is 22.1. The maximum absolute atomic E-state index is 13.7. The van der Waals surface area contributed by atoms with E-state index in [1.54, 1.807) is 36.4 Å². The van der Waals surface area contributed by atoms with E-state index in [1.165, 1.54) is 24.3 Å². The minimum Gasteiger partial charge on any atom is -0.480 e. The highest BCUT2D eigenvalue weighted by atomic mass is 79.9. The number of benzene rings is 6. The van der Waals surface area contributed by atoms with Crippen molar-refractivity contribution in [2.24, 2.45) is 11.5 Å². The second kappa shape index (κ2) is 37.8. The zero-order chi connectivity index (χ0) is 69.8. The molecule has 6 aromatic rings. The van der Waals surface area contributed by atoms with Gasteiger partial charge in [-0.15, -0.1) is 0 Å². The van der Waals surface area contributed by atoms with E-state index < -0.39 is 108 Å². The van der Waals surface area contributed by atoms with E-state index >= 15 is 0 Å². The normalized spacial score (nSPS) is 11.4.